The lowest BCUT2D eigenvalue weighted by Gasteiger charge is -2.14. The smallest absolute Gasteiger partial charge is 0.237 e. The van der Waals surface area contributed by atoms with E-state index in [1.807, 2.05) is 47.9 Å². The highest BCUT2D eigenvalue weighted by Crippen LogP contribution is 2.27. The Hall–Kier alpha value is -2.71. The summed E-state index contributed by atoms with van der Waals surface area (Å²) >= 11 is 1.38. The number of thioether (sulfide) groups is 1. The van der Waals surface area contributed by atoms with Gasteiger partial charge in [-0.05, 0) is 43.2 Å². The Morgan fingerprint density at radius 1 is 1.17 bits per heavy atom. The molecule has 0 aliphatic rings. The van der Waals surface area contributed by atoms with Gasteiger partial charge in [-0.3, -0.25) is 14.3 Å². The van der Waals surface area contributed by atoms with Gasteiger partial charge in [-0.25, -0.2) is 0 Å². The lowest BCUT2D eigenvalue weighted by molar-refractivity contribution is -0.115. The van der Waals surface area contributed by atoms with E-state index >= 15 is 0 Å². The molecule has 1 atom stereocenters. The van der Waals surface area contributed by atoms with Crippen molar-refractivity contribution in [1.82, 2.24) is 19.7 Å². The molecule has 0 saturated heterocycles. The number of hydrogen-bond donors (Lipinski definition) is 1. The van der Waals surface area contributed by atoms with Crippen LogP contribution < -0.4 is 5.32 Å². The number of aryl methyl sites for hydroxylation is 1. The van der Waals surface area contributed by atoms with Crippen LogP contribution in [0.15, 0.2) is 53.9 Å². The molecule has 1 N–H and O–H groups in total. The first-order valence-corrected chi connectivity index (χ1v) is 10.4. The number of nitrogens with one attached hydrogen (secondary N) is 1. The quantitative estimate of drug-likeness (QED) is 0.541. The molecule has 0 aliphatic carbocycles. The predicted molar refractivity (Wildman–Crippen MR) is 115 cm³/mol. The Kier molecular flexibility index (Phi) is 7.37. The Balaban J connectivity index is 1.73. The molecule has 7 nitrogen and oxygen atoms in total. The molecule has 3 aromatic rings. The maximum absolute atomic E-state index is 12.7. The van der Waals surface area contributed by atoms with E-state index in [0.29, 0.717) is 18.3 Å². The first kappa shape index (κ1) is 21.0. The van der Waals surface area contributed by atoms with Crippen molar-refractivity contribution in [3.8, 4) is 11.4 Å². The van der Waals surface area contributed by atoms with Crippen LogP contribution in [0, 0.1) is 0 Å². The molecule has 3 rings (SSSR count). The van der Waals surface area contributed by atoms with Gasteiger partial charge in [0.05, 0.1) is 18.4 Å². The molecular weight excluding hydrogens is 386 g/mol. The molecule has 0 unspecified atom stereocenters. The largest absolute Gasteiger partial charge is 0.383 e. The van der Waals surface area contributed by atoms with Gasteiger partial charge in [-0.15, -0.1) is 10.2 Å². The first-order chi connectivity index (χ1) is 14.1. The van der Waals surface area contributed by atoms with Gasteiger partial charge < -0.3 is 10.1 Å². The van der Waals surface area contributed by atoms with E-state index in [4.69, 9.17) is 4.74 Å². The van der Waals surface area contributed by atoms with Gasteiger partial charge in [0.1, 0.15) is 0 Å². The van der Waals surface area contributed by atoms with Crippen molar-refractivity contribution >= 4 is 23.4 Å². The van der Waals surface area contributed by atoms with Crippen LogP contribution in [0.4, 0.5) is 5.69 Å². The van der Waals surface area contributed by atoms with Crippen LogP contribution in [-0.2, 0) is 22.5 Å². The van der Waals surface area contributed by atoms with Gasteiger partial charge in [-0.1, -0.05) is 30.8 Å². The van der Waals surface area contributed by atoms with E-state index in [1.165, 1.54) is 17.3 Å². The summed E-state index contributed by atoms with van der Waals surface area (Å²) in [6.07, 6.45) is 4.41. The second kappa shape index (κ2) is 10.2. The molecule has 0 aliphatic heterocycles. The van der Waals surface area contributed by atoms with Crippen molar-refractivity contribution in [2.24, 2.45) is 0 Å². The Morgan fingerprint density at radius 2 is 1.90 bits per heavy atom. The Morgan fingerprint density at radius 3 is 2.55 bits per heavy atom. The molecule has 1 amide bonds. The standard InChI is InChI=1S/C21H25N5O2S/c1-4-16-5-7-18(8-6-16)23-20(27)15(2)29-21-25-24-19(26(21)13-14-28-3)17-9-11-22-12-10-17/h5-12,15H,4,13-14H2,1-3H3,(H,23,27)/t15-/m1/s1. The number of carbonyl (C=O) groups is 1. The highest BCUT2D eigenvalue weighted by molar-refractivity contribution is 8.00. The fourth-order valence-corrected chi connectivity index (χ4v) is 3.63. The molecule has 8 heteroatoms. The fraction of sp³-hybridized carbons (Fsp3) is 0.333. The summed E-state index contributed by atoms with van der Waals surface area (Å²) in [6.45, 7) is 5.08. The van der Waals surface area contributed by atoms with Crippen molar-refractivity contribution in [3.05, 3.63) is 54.4 Å². The SMILES string of the molecule is CCc1ccc(NC(=O)[C@@H](C)Sc2nnc(-c3ccncc3)n2CCOC)cc1. The summed E-state index contributed by atoms with van der Waals surface area (Å²) < 4.78 is 7.21. The van der Waals surface area contributed by atoms with Gasteiger partial charge in [0.2, 0.25) is 5.91 Å². The number of anilines is 1. The third-order valence-electron chi connectivity index (χ3n) is 4.46. The number of benzene rings is 1. The summed E-state index contributed by atoms with van der Waals surface area (Å²) in [5, 5.41) is 12.0. The van der Waals surface area contributed by atoms with E-state index in [0.717, 1.165) is 23.5 Å². The van der Waals surface area contributed by atoms with Gasteiger partial charge in [0.25, 0.3) is 0 Å². The highest BCUT2D eigenvalue weighted by atomic mass is 32.2. The summed E-state index contributed by atoms with van der Waals surface area (Å²) in [5.74, 6) is 0.653. The number of carbonyl (C=O) groups excluding carboxylic acids is 1. The molecule has 0 fully saturated rings. The normalized spacial score (nSPS) is 12.0. The van der Waals surface area contributed by atoms with Crippen molar-refractivity contribution in [2.75, 3.05) is 19.0 Å². The van der Waals surface area contributed by atoms with Crippen LogP contribution in [0.2, 0.25) is 0 Å². The highest BCUT2D eigenvalue weighted by Gasteiger charge is 2.21. The second-order valence-electron chi connectivity index (χ2n) is 6.49. The minimum Gasteiger partial charge on any atom is -0.383 e. The molecule has 0 bridgehead atoms. The van der Waals surface area contributed by atoms with Crippen LogP contribution in [0.1, 0.15) is 19.4 Å². The molecule has 2 aromatic heterocycles. The zero-order chi connectivity index (χ0) is 20.6. The van der Waals surface area contributed by atoms with Gasteiger partial charge >= 0.3 is 0 Å². The van der Waals surface area contributed by atoms with Crippen LogP contribution in [0.25, 0.3) is 11.4 Å². The van der Waals surface area contributed by atoms with E-state index < -0.39 is 0 Å². The fourth-order valence-electron chi connectivity index (χ4n) is 2.75. The molecule has 152 valence electrons. The van der Waals surface area contributed by atoms with Crippen molar-refractivity contribution in [3.63, 3.8) is 0 Å². The van der Waals surface area contributed by atoms with Crippen LogP contribution in [-0.4, -0.2) is 44.6 Å². The molecule has 1 aromatic carbocycles. The predicted octanol–water partition coefficient (Wildman–Crippen LogP) is 3.67. The zero-order valence-corrected chi connectivity index (χ0v) is 17.6. The average Bonchev–Trinajstić information content (AvgIpc) is 3.15. The lowest BCUT2D eigenvalue weighted by atomic mass is 10.1. The van der Waals surface area contributed by atoms with Crippen molar-refractivity contribution in [1.29, 1.82) is 0 Å². The number of hydrogen-bond acceptors (Lipinski definition) is 6. The first-order valence-electron chi connectivity index (χ1n) is 9.51. The number of nitrogens with zero attached hydrogens (tertiary/aromatic N) is 4. The van der Waals surface area contributed by atoms with E-state index in [9.17, 15) is 4.79 Å². The van der Waals surface area contributed by atoms with Crippen molar-refractivity contribution < 1.29 is 9.53 Å². The van der Waals surface area contributed by atoms with Crippen LogP contribution in [0.5, 0.6) is 0 Å². The second-order valence-corrected chi connectivity index (χ2v) is 7.79. The van der Waals surface area contributed by atoms with Gasteiger partial charge in [-0.2, -0.15) is 0 Å². The molecule has 0 spiro atoms. The number of ether oxygens (including phenoxy) is 1. The van der Waals surface area contributed by atoms with E-state index in [2.05, 4.69) is 27.4 Å². The summed E-state index contributed by atoms with van der Waals surface area (Å²) in [5.41, 5.74) is 2.95. The minimum atomic E-state index is -0.336. The number of aromatic nitrogens is 4. The molecule has 29 heavy (non-hydrogen) atoms. The number of amides is 1. The number of rotatable bonds is 9. The minimum absolute atomic E-state index is 0.0778. The third-order valence-corrected chi connectivity index (χ3v) is 5.54. The maximum Gasteiger partial charge on any atom is 0.237 e. The third kappa shape index (κ3) is 5.42. The molecule has 0 radical (unpaired) electrons. The van der Waals surface area contributed by atoms with Crippen LogP contribution >= 0.6 is 11.8 Å². The van der Waals surface area contributed by atoms with E-state index in [-0.39, 0.29) is 11.2 Å². The topological polar surface area (TPSA) is 81.9 Å². The van der Waals surface area contributed by atoms with Gasteiger partial charge in [0, 0.05) is 30.8 Å². The summed E-state index contributed by atoms with van der Waals surface area (Å²) in [4.78, 5) is 16.7. The van der Waals surface area contributed by atoms with Gasteiger partial charge in [0.15, 0.2) is 11.0 Å². The zero-order valence-electron chi connectivity index (χ0n) is 16.8. The maximum atomic E-state index is 12.7. The van der Waals surface area contributed by atoms with Crippen molar-refractivity contribution in [2.45, 2.75) is 37.2 Å². The number of pyridine rings is 1. The molecular formula is C21H25N5O2S. The molecule has 0 saturated carbocycles. The summed E-state index contributed by atoms with van der Waals surface area (Å²) in [6, 6.07) is 11.7. The summed E-state index contributed by atoms with van der Waals surface area (Å²) in [7, 11) is 1.66. The van der Waals surface area contributed by atoms with Crippen LogP contribution in [0.3, 0.4) is 0 Å². The Labute approximate surface area is 174 Å². The molecule has 2 heterocycles. The monoisotopic (exact) mass is 411 g/mol. The van der Waals surface area contributed by atoms with E-state index in [1.54, 1.807) is 19.5 Å². The Bertz CT molecular complexity index is 928. The lowest BCUT2D eigenvalue weighted by Crippen LogP contribution is -2.23. The number of methoxy groups -OCH3 is 1. The average molecular weight is 412 g/mol.